The number of pyridine rings is 1. The average molecular weight is 500 g/mol. The molecule has 2 N–H and O–H groups in total. The summed E-state index contributed by atoms with van der Waals surface area (Å²) in [6.45, 7) is 6.73. The second kappa shape index (κ2) is 11.6. The molecule has 1 aliphatic carbocycles. The van der Waals surface area contributed by atoms with E-state index in [1.807, 2.05) is 6.07 Å². The number of benzene rings is 2. The van der Waals surface area contributed by atoms with Crippen molar-refractivity contribution < 1.29 is 15.0 Å². The van der Waals surface area contributed by atoms with Crippen LogP contribution >= 0.6 is 0 Å². The summed E-state index contributed by atoms with van der Waals surface area (Å²) in [7, 11) is 0. The van der Waals surface area contributed by atoms with Crippen LogP contribution < -0.4 is 0 Å². The molecule has 0 aliphatic heterocycles. The van der Waals surface area contributed by atoms with Crippen LogP contribution in [0.5, 0.6) is 0 Å². The van der Waals surface area contributed by atoms with E-state index >= 15 is 0 Å². The number of hydrogen-bond acceptors (Lipinski definition) is 3. The molecular weight excluding hydrogens is 458 g/mol. The van der Waals surface area contributed by atoms with Crippen molar-refractivity contribution in [3.05, 3.63) is 88.7 Å². The van der Waals surface area contributed by atoms with Crippen LogP contribution in [0.1, 0.15) is 93.0 Å². The monoisotopic (exact) mass is 499 g/mol. The molecule has 1 aromatic heterocycles. The maximum Gasteiger partial charge on any atom is 0.307 e. The number of carboxylic acid groups (broad SMARTS) is 1. The molecule has 4 rings (SSSR count). The zero-order chi connectivity index (χ0) is 26.5. The lowest BCUT2D eigenvalue weighted by molar-refractivity contribution is -0.136. The Hall–Kier alpha value is -2.98. The molecule has 0 saturated heterocycles. The summed E-state index contributed by atoms with van der Waals surface area (Å²) >= 11 is 0. The molecule has 0 unspecified atom stereocenters. The van der Waals surface area contributed by atoms with E-state index in [-0.39, 0.29) is 11.8 Å². The summed E-state index contributed by atoms with van der Waals surface area (Å²) in [4.78, 5) is 15.4. The minimum absolute atomic E-state index is 0.0255. The third-order valence-corrected chi connectivity index (χ3v) is 8.67. The summed E-state index contributed by atoms with van der Waals surface area (Å²) in [5.41, 5.74) is 7.40. The van der Waals surface area contributed by atoms with Gasteiger partial charge in [0.1, 0.15) is 0 Å². The van der Waals surface area contributed by atoms with E-state index in [0.29, 0.717) is 5.56 Å². The molecule has 2 aromatic carbocycles. The van der Waals surface area contributed by atoms with Crippen molar-refractivity contribution in [2.75, 3.05) is 0 Å². The Morgan fingerprint density at radius 1 is 0.919 bits per heavy atom. The molecule has 1 fully saturated rings. The fourth-order valence-electron chi connectivity index (χ4n) is 6.23. The van der Waals surface area contributed by atoms with E-state index < -0.39 is 11.6 Å². The van der Waals surface area contributed by atoms with Crippen LogP contribution in [0.25, 0.3) is 11.1 Å². The van der Waals surface area contributed by atoms with Crippen LogP contribution in [0.2, 0.25) is 0 Å². The highest BCUT2D eigenvalue weighted by molar-refractivity contribution is 5.71. The van der Waals surface area contributed by atoms with Crippen molar-refractivity contribution >= 4 is 5.97 Å². The van der Waals surface area contributed by atoms with Gasteiger partial charge in [-0.25, -0.2) is 0 Å². The third kappa shape index (κ3) is 6.13. The number of carbonyl (C=O) groups is 1. The lowest BCUT2D eigenvalue weighted by atomic mass is 9.70. The van der Waals surface area contributed by atoms with Crippen LogP contribution in [0.4, 0.5) is 0 Å². The first-order chi connectivity index (χ1) is 17.8. The first-order valence-electron chi connectivity index (χ1n) is 13.9. The van der Waals surface area contributed by atoms with E-state index in [2.05, 4.69) is 68.2 Å². The van der Waals surface area contributed by atoms with Gasteiger partial charge in [0, 0.05) is 23.4 Å². The molecule has 1 aliphatic rings. The van der Waals surface area contributed by atoms with Crippen LogP contribution in [0, 0.1) is 6.92 Å². The Bertz CT molecular complexity index is 1200. The summed E-state index contributed by atoms with van der Waals surface area (Å²) in [5.74, 6) is -0.851. The highest BCUT2D eigenvalue weighted by atomic mass is 16.4. The van der Waals surface area contributed by atoms with Crippen LogP contribution in [0.3, 0.4) is 0 Å². The Morgan fingerprint density at radius 2 is 1.59 bits per heavy atom. The largest absolute Gasteiger partial charge is 0.481 e. The number of carboxylic acids is 1. The Kier molecular flexibility index (Phi) is 8.49. The van der Waals surface area contributed by atoms with Crippen LogP contribution in [-0.2, 0) is 23.1 Å². The number of nitrogens with zero attached hydrogens (tertiary/aromatic N) is 1. The van der Waals surface area contributed by atoms with Gasteiger partial charge in [0.2, 0.25) is 0 Å². The summed E-state index contributed by atoms with van der Waals surface area (Å²) in [6.07, 6.45) is 12.6. The highest BCUT2D eigenvalue weighted by Gasteiger charge is 2.32. The first kappa shape index (κ1) is 27.1. The molecule has 0 radical (unpaired) electrons. The minimum atomic E-state index is -0.851. The molecular formula is C33H41NO3. The number of hydrogen-bond donors (Lipinski definition) is 2. The number of aliphatic hydroxyl groups is 1. The van der Waals surface area contributed by atoms with Crippen molar-refractivity contribution in [3.8, 4) is 11.1 Å². The van der Waals surface area contributed by atoms with Gasteiger partial charge in [-0.05, 0) is 84.9 Å². The van der Waals surface area contributed by atoms with Gasteiger partial charge >= 0.3 is 5.97 Å². The van der Waals surface area contributed by atoms with E-state index in [9.17, 15) is 9.90 Å². The van der Waals surface area contributed by atoms with Gasteiger partial charge in [-0.1, -0.05) is 75.6 Å². The number of rotatable bonds is 10. The van der Waals surface area contributed by atoms with E-state index in [1.54, 1.807) is 12.4 Å². The maximum atomic E-state index is 11.1. The second-order valence-electron chi connectivity index (χ2n) is 10.9. The third-order valence-electron chi connectivity index (χ3n) is 8.67. The summed E-state index contributed by atoms with van der Waals surface area (Å²) in [5, 5.41) is 20.1. The van der Waals surface area contributed by atoms with Gasteiger partial charge in [0.25, 0.3) is 0 Å². The van der Waals surface area contributed by atoms with Crippen molar-refractivity contribution in [1.29, 1.82) is 0 Å². The molecule has 1 saturated carbocycles. The first-order valence-corrected chi connectivity index (χ1v) is 13.9. The van der Waals surface area contributed by atoms with Crippen LogP contribution in [-0.4, -0.2) is 26.8 Å². The second-order valence-corrected chi connectivity index (χ2v) is 10.9. The SMILES string of the molecule is CCC(CC)(c1ccc(-c2cncc(CC(=O)O)c2)cc1)c1ccc(CCC2(O)CCCCC2)c(C)c1. The predicted octanol–water partition coefficient (Wildman–Crippen LogP) is 7.42. The van der Waals surface area contributed by atoms with Crippen molar-refractivity contribution in [3.63, 3.8) is 0 Å². The molecule has 0 bridgehead atoms. The smallest absolute Gasteiger partial charge is 0.307 e. The van der Waals surface area contributed by atoms with Gasteiger partial charge in [0.05, 0.1) is 12.0 Å². The Balaban J connectivity index is 1.56. The highest BCUT2D eigenvalue weighted by Crippen LogP contribution is 2.40. The average Bonchev–Trinajstić information content (AvgIpc) is 2.90. The molecule has 0 spiro atoms. The molecule has 0 atom stereocenters. The zero-order valence-corrected chi connectivity index (χ0v) is 22.6. The lowest BCUT2D eigenvalue weighted by Gasteiger charge is -2.34. The summed E-state index contributed by atoms with van der Waals surface area (Å²) < 4.78 is 0. The molecule has 37 heavy (non-hydrogen) atoms. The zero-order valence-electron chi connectivity index (χ0n) is 22.6. The number of aliphatic carboxylic acids is 1. The fraction of sp³-hybridized carbons (Fsp3) is 0.455. The van der Waals surface area contributed by atoms with Gasteiger partial charge in [-0.3, -0.25) is 9.78 Å². The van der Waals surface area contributed by atoms with Gasteiger partial charge < -0.3 is 10.2 Å². The van der Waals surface area contributed by atoms with Crippen molar-refractivity contribution in [2.24, 2.45) is 0 Å². The van der Waals surface area contributed by atoms with Gasteiger partial charge in [-0.15, -0.1) is 0 Å². The molecule has 1 heterocycles. The Morgan fingerprint density at radius 3 is 2.22 bits per heavy atom. The maximum absolute atomic E-state index is 11.1. The lowest BCUT2D eigenvalue weighted by Crippen LogP contribution is -2.31. The normalized spacial score (nSPS) is 15.5. The van der Waals surface area contributed by atoms with E-state index in [4.69, 9.17) is 5.11 Å². The standard InChI is InChI=1S/C33H41NO3/c1-4-33(5-2,29-12-10-27(11-13-29)28-20-25(21-31(35)36)22-34-23-28)30-14-9-26(24(3)19-30)15-18-32(37)16-7-6-8-17-32/h9-14,19-20,22-23,37H,4-8,15-18,21H2,1-3H3,(H,35,36). The van der Waals surface area contributed by atoms with E-state index in [0.717, 1.165) is 62.5 Å². The minimum Gasteiger partial charge on any atom is -0.481 e. The topological polar surface area (TPSA) is 70.4 Å². The molecule has 4 nitrogen and oxygen atoms in total. The van der Waals surface area contributed by atoms with Gasteiger partial charge in [-0.2, -0.15) is 0 Å². The van der Waals surface area contributed by atoms with Crippen LogP contribution in [0.15, 0.2) is 60.9 Å². The number of aromatic nitrogens is 1. The molecule has 4 heteroatoms. The Labute approximate surface area is 221 Å². The quantitative estimate of drug-likeness (QED) is 0.304. The van der Waals surface area contributed by atoms with Crippen molar-refractivity contribution in [1.82, 2.24) is 4.98 Å². The number of aryl methyl sites for hydroxylation is 2. The molecule has 0 amide bonds. The molecule has 196 valence electrons. The predicted molar refractivity (Wildman–Crippen MR) is 150 cm³/mol. The molecule has 3 aromatic rings. The van der Waals surface area contributed by atoms with E-state index in [1.165, 1.54) is 28.7 Å². The fourth-order valence-corrected chi connectivity index (χ4v) is 6.23. The van der Waals surface area contributed by atoms with Gasteiger partial charge in [0.15, 0.2) is 0 Å². The van der Waals surface area contributed by atoms with Crippen molar-refractivity contribution in [2.45, 2.75) is 96.0 Å². The summed E-state index contributed by atoms with van der Waals surface area (Å²) in [6, 6.07) is 17.5.